The van der Waals surface area contributed by atoms with Crippen molar-refractivity contribution in [2.24, 2.45) is 0 Å². The molecule has 2 aromatic rings. The molecule has 0 N–H and O–H groups in total. The fraction of sp³-hybridized carbons (Fsp3) is 0.143. The predicted molar refractivity (Wildman–Crippen MR) is 70.5 cm³/mol. The van der Waals surface area contributed by atoms with Crippen LogP contribution >= 0.6 is 11.6 Å². The van der Waals surface area contributed by atoms with Gasteiger partial charge in [-0.3, -0.25) is 4.79 Å². The van der Waals surface area contributed by atoms with Gasteiger partial charge in [-0.25, -0.2) is 4.68 Å². The molecule has 0 saturated carbocycles. The van der Waals surface area contributed by atoms with Crippen molar-refractivity contribution in [3.05, 3.63) is 58.4 Å². The molecule has 0 atom stereocenters. The second-order valence-corrected chi connectivity index (χ2v) is 4.80. The molecule has 0 fully saturated rings. The van der Waals surface area contributed by atoms with Crippen LogP contribution in [0.25, 0.3) is 5.70 Å². The van der Waals surface area contributed by atoms with Gasteiger partial charge in [0.05, 0.1) is 23.5 Å². The van der Waals surface area contributed by atoms with E-state index in [4.69, 9.17) is 11.6 Å². The van der Waals surface area contributed by atoms with Crippen LogP contribution in [0.15, 0.2) is 36.4 Å². The van der Waals surface area contributed by atoms with Crippen molar-refractivity contribution in [3.63, 3.8) is 0 Å². The largest absolute Gasteiger partial charge is 0.294 e. The van der Waals surface area contributed by atoms with E-state index >= 15 is 0 Å². The quantitative estimate of drug-likeness (QED) is 0.788. The Labute approximate surface area is 110 Å². The minimum atomic E-state index is 0.104. The molecule has 1 aliphatic heterocycles. The summed E-state index contributed by atoms with van der Waals surface area (Å²) in [5.74, 6) is 0.104. The van der Waals surface area contributed by atoms with Crippen LogP contribution in [-0.4, -0.2) is 15.6 Å². The first-order valence-electron chi connectivity index (χ1n) is 5.70. The molecule has 3 rings (SSSR count). The first-order chi connectivity index (χ1) is 8.63. The van der Waals surface area contributed by atoms with E-state index in [2.05, 4.69) is 5.10 Å². The van der Waals surface area contributed by atoms with Crippen LogP contribution < -0.4 is 0 Å². The number of nitrogens with zero attached hydrogens (tertiary/aromatic N) is 2. The van der Waals surface area contributed by atoms with E-state index in [0.29, 0.717) is 11.4 Å². The van der Waals surface area contributed by atoms with E-state index < -0.39 is 0 Å². The Morgan fingerprint density at radius 2 is 2.00 bits per heavy atom. The summed E-state index contributed by atoms with van der Waals surface area (Å²) >= 11 is 5.87. The van der Waals surface area contributed by atoms with Crippen molar-refractivity contribution in [3.8, 4) is 0 Å². The predicted octanol–water partition coefficient (Wildman–Crippen LogP) is 2.86. The van der Waals surface area contributed by atoms with Gasteiger partial charge in [-0.05, 0) is 25.1 Å². The fourth-order valence-corrected chi connectivity index (χ4v) is 2.28. The first-order valence-corrected chi connectivity index (χ1v) is 6.08. The third-order valence-corrected chi connectivity index (χ3v) is 3.18. The van der Waals surface area contributed by atoms with Gasteiger partial charge in [0.2, 0.25) is 0 Å². The number of carbonyl (C=O) groups is 1. The lowest BCUT2D eigenvalue weighted by molar-refractivity contribution is -0.114. The van der Waals surface area contributed by atoms with E-state index in [9.17, 15) is 4.79 Å². The van der Waals surface area contributed by atoms with Crippen molar-refractivity contribution in [1.29, 1.82) is 0 Å². The molecule has 1 aromatic heterocycles. The molecule has 0 amide bonds. The minimum Gasteiger partial charge on any atom is -0.294 e. The molecule has 4 heteroatoms. The number of aromatic nitrogens is 2. The molecule has 90 valence electrons. The molecule has 3 nitrogen and oxygen atoms in total. The van der Waals surface area contributed by atoms with Crippen molar-refractivity contribution in [2.45, 2.75) is 13.3 Å². The molecule has 0 saturated heterocycles. The number of hydrogen-bond donors (Lipinski definition) is 0. The lowest BCUT2D eigenvalue weighted by atomic mass is 10.1. The van der Waals surface area contributed by atoms with E-state index in [1.54, 1.807) is 6.08 Å². The van der Waals surface area contributed by atoms with Gasteiger partial charge in [-0.1, -0.05) is 23.7 Å². The summed E-state index contributed by atoms with van der Waals surface area (Å²) in [5, 5.41) is 5.11. The smallest absolute Gasteiger partial charge is 0.163 e. The summed E-state index contributed by atoms with van der Waals surface area (Å²) in [4.78, 5) is 11.7. The van der Waals surface area contributed by atoms with Gasteiger partial charge in [0.1, 0.15) is 0 Å². The van der Waals surface area contributed by atoms with Crippen LogP contribution in [0.1, 0.15) is 17.0 Å². The SMILES string of the molecule is Cc1cc2n(n1)C(c1ccc(Cl)cc1)=CC(=O)C2. The number of halogens is 1. The molecule has 0 spiro atoms. The highest BCUT2D eigenvalue weighted by molar-refractivity contribution is 6.30. The number of fused-ring (bicyclic) bond motifs is 1. The van der Waals surface area contributed by atoms with Crippen molar-refractivity contribution in [1.82, 2.24) is 9.78 Å². The van der Waals surface area contributed by atoms with Crippen LogP contribution in [0.5, 0.6) is 0 Å². The molecule has 2 heterocycles. The number of allylic oxidation sites excluding steroid dienone is 1. The number of benzene rings is 1. The van der Waals surface area contributed by atoms with Crippen molar-refractivity contribution in [2.75, 3.05) is 0 Å². The lowest BCUT2D eigenvalue weighted by Gasteiger charge is -2.15. The Bertz CT molecular complexity index is 653. The highest BCUT2D eigenvalue weighted by Crippen LogP contribution is 2.24. The summed E-state index contributed by atoms with van der Waals surface area (Å²) in [7, 11) is 0. The van der Waals surface area contributed by atoms with Crippen LogP contribution in [0, 0.1) is 6.92 Å². The average Bonchev–Trinajstić information content (AvgIpc) is 2.69. The number of aryl methyl sites for hydroxylation is 1. The maximum absolute atomic E-state index is 11.7. The number of carbonyl (C=O) groups excluding carboxylic acids is 1. The highest BCUT2D eigenvalue weighted by atomic mass is 35.5. The summed E-state index contributed by atoms with van der Waals surface area (Å²) < 4.78 is 1.83. The van der Waals surface area contributed by atoms with E-state index in [-0.39, 0.29) is 5.78 Å². The summed E-state index contributed by atoms with van der Waals surface area (Å²) in [6.45, 7) is 1.93. The van der Waals surface area contributed by atoms with Gasteiger partial charge >= 0.3 is 0 Å². The Balaban J connectivity index is 2.15. The standard InChI is InChI=1S/C14H11ClN2O/c1-9-6-12-7-13(18)8-14(17(12)16-9)10-2-4-11(15)5-3-10/h2-6,8H,7H2,1H3. The fourth-order valence-electron chi connectivity index (χ4n) is 2.16. The molecule has 1 aromatic carbocycles. The zero-order valence-electron chi connectivity index (χ0n) is 9.85. The maximum atomic E-state index is 11.7. The summed E-state index contributed by atoms with van der Waals surface area (Å²) in [6.07, 6.45) is 2.06. The molecule has 0 bridgehead atoms. The minimum absolute atomic E-state index is 0.104. The number of hydrogen-bond acceptors (Lipinski definition) is 2. The molecule has 0 unspecified atom stereocenters. The van der Waals surface area contributed by atoms with Gasteiger partial charge in [-0.2, -0.15) is 5.10 Å². The van der Waals surface area contributed by atoms with E-state index in [0.717, 1.165) is 22.6 Å². The Morgan fingerprint density at radius 1 is 1.28 bits per heavy atom. The molecule has 18 heavy (non-hydrogen) atoms. The van der Waals surface area contributed by atoms with Crippen LogP contribution in [0.2, 0.25) is 5.02 Å². The molecule has 1 aliphatic rings. The topological polar surface area (TPSA) is 34.9 Å². The first kappa shape index (κ1) is 11.2. The van der Waals surface area contributed by atoms with Gasteiger partial charge in [0.25, 0.3) is 0 Å². The Morgan fingerprint density at radius 3 is 2.72 bits per heavy atom. The van der Waals surface area contributed by atoms with Gasteiger partial charge < -0.3 is 0 Å². The van der Waals surface area contributed by atoms with Crippen LogP contribution in [0.4, 0.5) is 0 Å². The normalized spacial score (nSPS) is 14.3. The third-order valence-electron chi connectivity index (χ3n) is 2.93. The third kappa shape index (κ3) is 1.87. The van der Waals surface area contributed by atoms with Gasteiger partial charge in [-0.15, -0.1) is 0 Å². The van der Waals surface area contributed by atoms with Crippen molar-refractivity contribution < 1.29 is 4.79 Å². The summed E-state index contributed by atoms with van der Waals surface area (Å²) in [6, 6.07) is 9.36. The Hall–Kier alpha value is -1.87. The summed E-state index contributed by atoms with van der Waals surface area (Å²) in [5.41, 5.74) is 3.60. The monoisotopic (exact) mass is 258 g/mol. The second kappa shape index (κ2) is 4.10. The molecular weight excluding hydrogens is 248 g/mol. The average molecular weight is 259 g/mol. The molecule has 0 radical (unpaired) electrons. The lowest BCUT2D eigenvalue weighted by Crippen LogP contribution is -2.16. The number of ketones is 1. The van der Waals surface area contributed by atoms with Crippen molar-refractivity contribution >= 4 is 23.1 Å². The highest BCUT2D eigenvalue weighted by Gasteiger charge is 2.19. The van der Waals surface area contributed by atoms with Gasteiger partial charge in [0, 0.05) is 16.7 Å². The van der Waals surface area contributed by atoms with Crippen LogP contribution in [0.3, 0.4) is 0 Å². The maximum Gasteiger partial charge on any atom is 0.163 e. The van der Waals surface area contributed by atoms with E-state index in [1.165, 1.54) is 0 Å². The van der Waals surface area contributed by atoms with Crippen LogP contribution in [-0.2, 0) is 11.2 Å². The Kier molecular flexibility index (Phi) is 2.56. The zero-order valence-corrected chi connectivity index (χ0v) is 10.6. The molecular formula is C14H11ClN2O. The molecule has 0 aliphatic carbocycles. The second-order valence-electron chi connectivity index (χ2n) is 4.37. The van der Waals surface area contributed by atoms with Gasteiger partial charge in [0.15, 0.2) is 5.78 Å². The number of rotatable bonds is 1. The van der Waals surface area contributed by atoms with E-state index in [1.807, 2.05) is 41.9 Å². The zero-order chi connectivity index (χ0) is 12.7.